The average Bonchev–Trinajstić information content (AvgIpc) is 2.77. The van der Waals surface area contributed by atoms with Crippen molar-refractivity contribution in [1.29, 1.82) is 0 Å². The highest BCUT2D eigenvalue weighted by Gasteiger charge is 2.31. The van der Waals surface area contributed by atoms with Crippen molar-refractivity contribution in [3.05, 3.63) is 35.4 Å². The zero-order valence-electron chi connectivity index (χ0n) is 9.88. The van der Waals surface area contributed by atoms with E-state index in [4.69, 9.17) is 4.74 Å². The first-order chi connectivity index (χ1) is 8.22. The average molecular weight is 241 g/mol. The molecule has 1 saturated heterocycles. The summed E-state index contributed by atoms with van der Waals surface area (Å²) in [5.74, 6) is -0.592. The van der Waals surface area contributed by atoms with Crippen molar-refractivity contribution < 1.29 is 13.5 Å². The molecule has 2 unspecified atom stereocenters. The fourth-order valence-electron chi connectivity index (χ4n) is 2.25. The van der Waals surface area contributed by atoms with Crippen LogP contribution < -0.4 is 5.32 Å². The third-order valence-corrected chi connectivity index (χ3v) is 3.14. The first-order valence-corrected chi connectivity index (χ1v) is 5.99. The van der Waals surface area contributed by atoms with Gasteiger partial charge in [0, 0.05) is 24.6 Å². The zero-order chi connectivity index (χ0) is 12.3. The molecule has 2 nitrogen and oxygen atoms in total. The van der Waals surface area contributed by atoms with E-state index in [0.29, 0.717) is 12.2 Å². The molecular formula is C13H17F2NO. The molecule has 4 heteroatoms. The van der Waals surface area contributed by atoms with Crippen molar-refractivity contribution in [3.63, 3.8) is 0 Å². The van der Waals surface area contributed by atoms with Crippen molar-refractivity contribution >= 4 is 0 Å². The molecule has 0 amide bonds. The summed E-state index contributed by atoms with van der Waals surface area (Å²) in [4.78, 5) is 0. The SMILES string of the molecule is CCNCC1CCOC1c1cc(F)ccc1F. The third kappa shape index (κ3) is 2.82. The van der Waals surface area contributed by atoms with Crippen LogP contribution in [0.3, 0.4) is 0 Å². The molecule has 0 bridgehead atoms. The van der Waals surface area contributed by atoms with Gasteiger partial charge in [-0.15, -0.1) is 0 Å². The molecule has 1 fully saturated rings. The van der Waals surface area contributed by atoms with E-state index in [1.807, 2.05) is 6.92 Å². The number of ether oxygens (including phenoxy) is 1. The molecule has 2 rings (SSSR count). The van der Waals surface area contributed by atoms with Gasteiger partial charge in [-0.3, -0.25) is 0 Å². The lowest BCUT2D eigenvalue weighted by Crippen LogP contribution is -2.25. The second-order valence-corrected chi connectivity index (χ2v) is 4.31. The van der Waals surface area contributed by atoms with E-state index in [0.717, 1.165) is 31.6 Å². The van der Waals surface area contributed by atoms with Crippen LogP contribution in [0.1, 0.15) is 25.0 Å². The second kappa shape index (κ2) is 5.56. The van der Waals surface area contributed by atoms with Crippen LogP contribution in [-0.4, -0.2) is 19.7 Å². The number of halogens is 2. The number of nitrogens with one attached hydrogen (secondary N) is 1. The highest BCUT2D eigenvalue weighted by molar-refractivity contribution is 5.22. The van der Waals surface area contributed by atoms with Gasteiger partial charge in [0.1, 0.15) is 11.6 Å². The minimum absolute atomic E-state index is 0.214. The van der Waals surface area contributed by atoms with Gasteiger partial charge >= 0.3 is 0 Å². The van der Waals surface area contributed by atoms with Crippen molar-refractivity contribution in [1.82, 2.24) is 5.32 Å². The Morgan fingerprint density at radius 1 is 1.41 bits per heavy atom. The molecule has 1 heterocycles. The Labute approximate surface area is 100.0 Å². The Balaban J connectivity index is 2.16. The van der Waals surface area contributed by atoms with E-state index in [2.05, 4.69) is 5.32 Å². The first-order valence-electron chi connectivity index (χ1n) is 5.99. The summed E-state index contributed by atoms with van der Waals surface area (Å²) in [7, 11) is 0. The summed E-state index contributed by atoms with van der Waals surface area (Å²) in [6, 6.07) is 3.54. The van der Waals surface area contributed by atoms with E-state index in [1.165, 1.54) is 6.07 Å². The van der Waals surface area contributed by atoms with Crippen LogP contribution in [0.4, 0.5) is 8.78 Å². The minimum atomic E-state index is -0.417. The third-order valence-electron chi connectivity index (χ3n) is 3.14. The van der Waals surface area contributed by atoms with Crippen molar-refractivity contribution in [2.24, 2.45) is 5.92 Å². The van der Waals surface area contributed by atoms with Crippen LogP contribution in [0.2, 0.25) is 0 Å². The van der Waals surface area contributed by atoms with E-state index >= 15 is 0 Å². The molecule has 94 valence electrons. The van der Waals surface area contributed by atoms with Crippen LogP contribution in [0, 0.1) is 17.6 Å². The van der Waals surface area contributed by atoms with Gasteiger partial charge in [0.25, 0.3) is 0 Å². The number of hydrogen-bond acceptors (Lipinski definition) is 2. The lowest BCUT2D eigenvalue weighted by atomic mass is 9.95. The van der Waals surface area contributed by atoms with Crippen LogP contribution >= 0.6 is 0 Å². The summed E-state index contributed by atoms with van der Waals surface area (Å²) in [5.41, 5.74) is 0.338. The number of rotatable bonds is 4. The maximum atomic E-state index is 13.6. The van der Waals surface area contributed by atoms with Gasteiger partial charge < -0.3 is 10.1 Å². The minimum Gasteiger partial charge on any atom is -0.373 e. The van der Waals surface area contributed by atoms with Crippen molar-refractivity contribution in [2.45, 2.75) is 19.4 Å². The quantitative estimate of drug-likeness (QED) is 0.875. The highest BCUT2D eigenvalue weighted by atomic mass is 19.1. The summed E-state index contributed by atoms with van der Waals surface area (Å²) in [6.07, 6.45) is 0.554. The summed E-state index contributed by atoms with van der Waals surface area (Å²) >= 11 is 0. The lowest BCUT2D eigenvalue weighted by Gasteiger charge is -2.19. The largest absolute Gasteiger partial charge is 0.373 e. The normalized spacial score (nSPS) is 24.2. The Morgan fingerprint density at radius 2 is 2.24 bits per heavy atom. The molecule has 1 N–H and O–H groups in total. The molecule has 1 aromatic rings. The zero-order valence-corrected chi connectivity index (χ0v) is 9.88. The van der Waals surface area contributed by atoms with Gasteiger partial charge in [-0.2, -0.15) is 0 Å². The molecule has 0 aliphatic carbocycles. The Kier molecular flexibility index (Phi) is 4.07. The van der Waals surface area contributed by atoms with Gasteiger partial charge in [0.2, 0.25) is 0 Å². The molecule has 0 radical (unpaired) electrons. The summed E-state index contributed by atoms with van der Waals surface area (Å²) in [6.45, 7) is 4.27. The van der Waals surface area contributed by atoms with Crippen LogP contribution in [0.25, 0.3) is 0 Å². The van der Waals surface area contributed by atoms with E-state index < -0.39 is 5.82 Å². The maximum Gasteiger partial charge on any atom is 0.129 e. The second-order valence-electron chi connectivity index (χ2n) is 4.31. The lowest BCUT2D eigenvalue weighted by molar-refractivity contribution is 0.0873. The van der Waals surface area contributed by atoms with Gasteiger partial charge in [-0.25, -0.2) is 8.78 Å². The highest BCUT2D eigenvalue weighted by Crippen LogP contribution is 2.35. The smallest absolute Gasteiger partial charge is 0.129 e. The number of benzene rings is 1. The number of hydrogen-bond donors (Lipinski definition) is 1. The van der Waals surface area contributed by atoms with E-state index in [-0.39, 0.29) is 17.8 Å². The molecule has 0 spiro atoms. The van der Waals surface area contributed by atoms with E-state index in [9.17, 15) is 8.78 Å². The monoisotopic (exact) mass is 241 g/mol. The van der Waals surface area contributed by atoms with Gasteiger partial charge in [-0.05, 0) is 31.2 Å². The van der Waals surface area contributed by atoms with Gasteiger partial charge in [0.05, 0.1) is 6.10 Å². The molecule has 1 aromatic carbocycles. The van der Waals surface area contributed by atoms with Crippen LogP contribution in [0.5, 0.6) is 0 Å². The molecule has 2 atom stereocenters. The maximum absolute atomic E-state index is 13.6. The van der Waals surface area contributed by atoms with Gasteiger partial charge in [0.15, 0.2) is 0 Å². The Morgan fingerprint density at radius 3 is 3.00 bits per heavy atom. The summed E-state index contributed by atoms with van der Waals surface area (Å²) in [5, 5.41) is 3.23. The Bertz CT molecular complexity index is 384. The molecule has 1 aliphatic heterocycles. The molecule has 0 aromatic heterocycles. The van der Waals surface area contributed by atoms with E-state index in [1.54, 1.807) is 0 Å². The topological polar surface area (TPSA) is 21.3 Å². The molecular weight excluding hydrogens is 224 g/mol. The van der Waals surface area contributed by atoms with Crippen molar-refractivity contribution in [2.75, 3.05) is 19.7 Å². The van der Waals surface area contributed by atoms with Crippen LogP contribution in [0.15, 0.2) is 18.2 Å². The van der Waals surface area contributed by atoms with Crippen molar-refractivity contribution in [3.8, 4) is 0 Å². The molecule has 17 heavy (non-hydrogen) atoms. The standard InChI is InChI=1S/C13H17F2NO/c1-2-16-8-9-5-6-17-13(9)11-7-10(14)3-4-12(11)15/h3-4,7,9,13,16H,2,5-6,8H2,1H3. The predicted octanol–water partition coefficient (Wildman–Crippen LogP) is 2.65. The molecule has 1 aliphatic rings. The molecule has 0 saturated carbocycles. The fraction of sp³-hybridized carbons (Fsp3) is 0.538. The van der Waals surface area contributed by atoms with Gasteiger partial charge in [-0.1, -0.05) is 6.92 Å². The predicted molar refractivity (Wildman–Crippen MR) is 61.7 cm³/mol. The van der Waals surface area contributed by atoms with Crippen LogP contribution in [-0.2, 0) is 4.74 Å². The fourth-order valence-corrected chi connectivity index (χ4v) is 2.25. The Hall–Kier alpha value is -1.00. The summed E-state index contributed by atoms with van der Waals surface area (Å²) < 4.78 is 32.3. The first kappa shape index (κ1) is 12.5.